The molecule has 0 radical (unpaired) electrons. The van der Waals surface area contributed by atoms with E-state index in [9.17, 15) is 14.7 Å². The number of amides is 2. The van der Waals surface area contributed by atoms with E-state index in [1.807, 2.05) is 39.0 Å². The van der Waals surface area contributed by atoms with Gasteiger partial charge in [0, 0.05) is 32.6 Å². The summed E-state index contributed by atoms with van der Waals surface area (Å²) in [7, 11) is -0.727. The number of nitrogens with zero attached hydrogens (tertiary/aromatic N) is 2. The number of pyridine rings is 1. The molecule has 0 bridgehead atoms. The first-order valence-corrected chi connectivity index (χ1v) is 18.6. The molecular formula is C33H55N3O7Si. The van der Waals surface area contributed by atoms with Crippen LogP contribution in [0.15, 0.2) is 36.7 Å². The fourth-order valence-electron chi connectivity index (χ4n) is 5.23. The first kappa shape index (κ1) is 36.3. The number of aliphatic hydroxyl groups is 1. The highest BCUT2D eigenvalue weighted by Crippen LogP contribution is 2.38. The van der Waals surface area contributed by atoms with Crippen LogP contribution in [0.5, 0.6) is 0 Å². The van der Waals surface area contributed by atoms with Gasteiger partial charge in [-0.2, -0.15) is 0 Å². The van der Waals surface area contributed by atoms with Gasteiger partial charge in [0.2, 0.25) is 5.91 Å². The number of hydrogen-bond donors (Lipinski definition) is 2. The topological polar surface area (TPSA) is 119 Å². The van der Waals surface area contributed by atoms with Crippen molar-refractivity contribution in [1.82, 2.24) is 15.2 Å². The number of hydrogen-bond acceptors (Lipinski definition) is 8. The summed E-state index contributed by atoms with van der Waals surface area (Å²) >= 11 is 0. The summed E-state index contributed by atoms with van der Waals surface area (Å²) in [4.78, 5) is 33.7. The molecule has 6 atom stereocenters. The Hall–Kier alpha value is -2.15. The summed E-state index contributed by atoms with van der Waals surface area (Å²) in [6.45, 7) is 21.4. The Morgan fingerprint density at radius 2 is 1.91 bits per heavy atom. The minimum Gasteiger partial charge on any atom is -0.412 e. The average Bonchev–Trinajstić information content (AvgIpc) is 3.03. The standard InChI is InChI=1S/C33H55N3O7Si/c1-31(2,3)17-16-25-26(37)27(42-33(7,8)41-25)28(40-9)29(38)35-24-15-14-23(43-44(10,11)32(4,5)6)21-36(30(24)39)20-22-13-12-18-34-19-22/h12-13,16-19,23-28,37H,14-15,20-21H2,1-11H3,(H,35,38)/t23-,24+,25-,26-,27-,28-/m1/s1. The molecule has 10 nitrogen and oxygen atoms in total. The van der Waals surface area contributed by atoms with Crippen molar-refractivity contribution in [3.05, 3.63) is 42.2 Å². The third-order valence-corrected chi connectivity index (χ3v) is 13.1. The lowest BCUT2D eigenvalue weighted by Crippen LogP contribution is -2.62. The number of carbonyl (C=O) groups excluding carboxylic acids is 2. The van der Waals surface area contributed by atoms with Crippen molar-refractivity contribution in [3.63, 3.8) is 0 Å². The third kappa shape index (κ3) is 9.67. The number of likely N-dealkylation sites (tertiary alicyclic amines) is 1. The Morgan fingerprint density at radius 3 is 2.48 bits per heavy atom. The second-order valence-corrected chi connectivity index (χ2v) is 19.9. The number of carbonyl (C=O) groups is 2. The van der Waals surface area contributed by atoms with Gasteiger partial charge in [-0.15, -0.1) is 0 Å². The van der Waals surface area contributed by atoms with Crippen molar-refractivity contribution in [1.29, 1.82) is 0 Å². The molecule has 2 aliphatic heterocycles. The van der Waals surface area contributed by atoms with Gasteiger partial charge in [-0.1, -0.05) is 59.8 Å². The number of methoxy groups -OCH3 is 1. The molecule has 1 aromatic rings. The average molecular weight is 634 g/mol. The van der Waals surface area contributed by atoms with Gasteiger partial charge in [0.15, 0.2) is 20.2 Å². The van der Waals surface area contributed by atoms with E-state index in [1.165, 1.54) is 7.11 Å². The molecule has 0 aliphatic carbocycles. The fourth-order valence-corrected chi connectivity index (χ4v) is 6.61. The summed E-state index contributed by atoms with van der Waals surface area (Å²) in [5, 5.41) is 14.2. The largest absolute Gasteiger partial charge is 0.412 e. The van der Waals surface area contributed by atoms with E-state index in [-0.39, 0.29) is 22.5 Å². The lowest BCUT2D eigenvalue weighted by atomic mass is 9.93. The van der Waals surface area contributed by atoms with Crippen LogP contribution in [0.1, 0.15) is 73.8 Å². The van der Waals surface area contributed by atoms with Crippen molar-refractivity contribution >= 4 is 20.1 Å². The van der Waals surface area contributed by atoms with E-state index >= 15 is 0 Å². The maximum Gasteiger partial charge on any atom is 0.252 e. The molecule has 1 aromatic heterocycles. The van der Waals surface area contributed by atoms with Gasteiger partial charge in [-0.05, 0) is 61.9 Å². The molecule has 0 unspecified atom stereocenters. The molecule has 2 fully saturated rings. The zero-order chi connectivity index (χ0) is 33.1. The van der Waals surface area contributed by atoms with Crippen LogP contribution < -0.4 is 5.32 Å². The molecule has 3 rings (SSSR count). The molecule has 2 saturated heterocycles. The first-order chi connectivity index (χ1) is 20.2. The molecule has 0 aromatic carbocycles. The Labute approximate surface area is 265 Å². The third-order valence-electron chi connectivity index (χ3n) is 8.60. The summed E-state index contributed by atoms with van der Waals surface area (Å²) in [6, 6.07) is 2.97. The zero-order valence-corrected chi connectivity index (χ0v) is 29.5. The highest BCUT2D eigenvalue weighted by Gasteiger charge is 2.48. The maximum absolute atomic E-state index is 14.0. The summed E-state index contributed by atoms with van der Waals surface area (Å²) in [5.74, 6) is -1.81. The van der Waals surface area contributed by atoms with Crippen LogP contribution in [0.25, 0.3) is 0 Å². The van der Waals surface area contributed by atoms with Gasteiger partial charge in [-0.25, -0.2) is 0 Å². The lowest BCUT2D eigenvalue weighted by molar-refractivity contribution is -0.334. The highest BCUT2D eigenvalue weighted by molar-refractivity contribution is 6.74. The van der Waals surface area contributed by atoms with Gasteiger partial charge in [0.25, 0.3) is 5.91 Å². The van der Waals surface area contributed by atoms with Gasteiger partial charge >= 0.3 is 0 Å². The van der Waals surface area contributed by atoms with Crippen LogP contribution in [0.4, 0.5) is 0 Å². The number of aliphatic hydroxyl groups excluding tert-OH is 1. The Bertz CT molecular complexity index is 1150. The Morgan fingerprint density at radius 1 is 1.23 bits per heavy atom. The zero-order valence-electron chi connectivity index (χ0n) is 28.5. The molecule has 11 heteroatoms. The van der Waals surface area contributed by atoms with Crippen LogP contribution in [0.2, 0.25) is 18.1 Å². The number of rotatable bonds is 9. The monoisotopic (exact) mass is 633 g/mol. The summed E-state index contributed by atoms with van der Waals surface area (Å²) in [5.41, 5.74) is 0.760. The van der Waals surface area contributed by atoms with Gasteiger partial charge in [-0.3, -0.25) is 14.6 Å². The van der Waals surface area contributed by atoms with Crippen LogP contribution in [-0.2, 0) is 34.8 Å². The number of nitrogens with one attached hydrogen (secondary N) is 1. The molecule has 0 saturated carbocycles. The number of ether oxygens (including phenoxy) is 3. The second-order valence-electron chi connectivity index (χ2n) is 15.2. The van der Waals surface area contributed by atoms with E-state index in [0.717, 1.165) is 5.56 Å². The lowest BCUT2D eigenvalue weighted by Gasteiger charge is -2.45. The molecule has 3 heterocycles. The second kappa shape index (κ2) is 14.1. The van der Waals surface area contributed by atoms with Gasteiger partial charge < -0.3 is 34.0 Å². The number of allylic oxidation sites excluding steroid dienone is 1. The molecule has 2 N–H and O–H groups in total. The SMILES string of the molecule is CO[C@@H](C(=O)N[C@H]1CC[C@@H](O[Si](C)(C)C(C)(C)C)CN(Cc2cccnc2)C1=O)[C@@H]1OC(C)(C)O[C@H](C=CC(C)(C)C)[C@H]1O. The normalized spacial score (nSPS) is 27.7. The quantitative estimate of drug-likeness (QED) is 0.300. The predicted molar refractivity (Wildman–Crippen MR) is 172 cm³/mol. The highest BCUT2D eigenvalue weighted by atomic mass is 28.4. The maximum atomic E-state index is 14.0. The van der Waals surface area contributed by atoms with E-state index < -0.39 is 50.5 Å². The summed E-state index contributed by atoms with van der Waals surface area (Å²) < 4.78 is 24.5. The van der Waals surface area contributed by atoms with E-state index in [4.69, 9.17) is 18.6 Å². The van der Waals surface area contributed by atoms with Gasteiger partial charge in [0.05, 0.1) is 6.10 Å². The van der Waals surface area contributed by atoms with Crippen LogP contribution in [0, 0.1) is 5.41 Å². The van der Waals surface area contributed by atoms with Crippen molar-refractivity contribution in [3.8, 4) is 0 Å². The molecule has 2 aliphatic rings. The van der Waals surface area contributed by atoms with Crippen molar-refractivity contribution < 1.29 is 33.3 Å². The Kier molecular flexibility index (Phi) is 11.6. The van der Waals surface area contributed by atoms with Crippen molar-refractivity contribution in [2.24, 2.45) is 5.41 Å². The molecular weight excluding hydrogens is 578 g/mol. The van der Waals surface area contributed by atoms with Crippen molar-refractivity contribution in [2.45, 2.75) is 135 Å². The Balaban J connectivity index is 1.84. The molecule has 2 amide bonds. The van der Waals surface area contributed by atoms with Crippen molar-refractivity contribution in [2.75, 3.05) is 13.7 Å². The minimum atomic E-state index is -2.12. The summed E-state index contributed by atoms with van der Waals surface area (Å²) in [6.07, 6.45) is 3.95. The van der Waals surface area contributed by atoms with Crippen LogP contribution >= 0.6 is 0 Å². The molecule has 248 valence electrons. The number of aromatic nitrogens is 1. The predicted octanol–water partition coefficient (Wildman–Crippen LogP) is 4.58. The van der Waals surface area contributed by atoms with Crippen LogP contribution in [0.3, 0.4) is 0 Å². The van der Waals surface area contributed by atoms with E-state index in [2.05, 4.69) is 44.2 Å². The minimum absolute atomic E-state index is 0.00898. The van der Waals surface area contributed by atoms with Crippen LogP contribution in [-0.4, -0.2) is 91.1 Å². The van der Waals surface area contributed by atoms with E-state index in [0.29, 0.717) is 25.9 Å². The van der Waals surface area contributed by atoms with Gasteiger partial charge in [0.1, 0.15) is 24.4 Å². The van der Waals surface area contributed by atoms with E-state index in [1.54, 1.807) is 37.2 Å². The molecule has 44 heavy (non-hydrogen) atoms. The smallest absolute Gasteiger partial charge is 0.252 e. The first-order valence-electron chi connectivity index (χ1n) is 15.6. The fraction of sp³-hybridized carbons (Fsp3) is 0.727. The molecule has 0 spiro atoms.